The summed E-state index contributed by atoms with van der Waals surface area (Å²) in [6.07, 6.45) is 1.81. The molecular formula is C18H21N5S. The average Bonchev–Trinajstić information content (AvgIpc) is 2.98. The Labute approximate surface area is 146 Å². The van der Waals surface area contributed by atoms with Crippen molar-refractivity contribution < 1.29 is 0 Å². The Morgan fingerprint density at radius 2 is 1.79 bits per heavy atom. The summed E-state index contributed by atoms with van der Waals surface area (Å²) in [5.74, 6) is 1.71. The van der Waals surface area contributed by atoms with E-state index in [4.69, 9.17) is 0 Å². The van der Waals surface area contributed by atoms with Gasteiger partial charge in [0.05, 0.1) is 0 Å². The molecule has 0 radical (unpaired) electrons. The molecule has 0 unspecified atom stereocenters. The van der Waals surface area contributed by atoms with Crippen molar-refractivity contribution in [1.82, 2.24) is 24.7 Å². The molecule has 2 aromatic heterocycles. The molecule has 0 aliphatic heterocycles. The van der Waals surface area contributed by atoms with E-state index in [0.29, 0.717) is 0 Å². The van der Waals surface area contributed by atoms with Crippen molar-refractivity contribution >= 4 is 11.8 Å². The van der Waals surface area contributed by atoms with E-state index in [1.807, 2.05) is 36.4 Å². The van der Waals surface area contributed by atoms with Crippen molar-refractivity contribution in [3.8, 4) is 11.4 Å². The van der Waals surface area contributed by atoms with Crippen LogP contribution in [0.3, 0.4) is 0 Å². The fourth-order valence-corrected chi connectivity index (χ4v) is 3.16. The van der Waals surface area contributed by atoms with E-state index < -0.39 is 0 Å². The van der Waals surface area contributed by atoms with Gasteiger partial charge in [-0.05, 0) is 24.8 Å². The predicted molar refractivity (Wildman–Crippen MR) is 96.0 cm³/mol. The summed E-state index contributed by atoms with van der Waals surface area (Å²) in [4.78, 5) is 9.05. The summed E-state index contributed by atoms with van der Waals surface area (Å²) in [7, 11) is 0. The third kappa shape index (κ3) is 3.48. The lowest BCUT2D eigenvalue weighted by atomic mass is 9.96. The summed E-state index contributed by atoms with van der Waals surface area (Å²) >= 11 is 1.52. The molecule has 0 aliphatic carbocycles. The molecule has 0 fully saturated rings. The number of benzene rings is 1. The maximum Gasteiger partial charge on any atom is 0.197 e. The third-order valence-corrected chi connectivity index (χ3v) is 4.48. The summed E-state index contributed by atoms with van der Waals surface area (Å²) in [5, 5.41) is 10.5. The highest BCUT2D eigenvalue weighted by atomic mass is 32.2. The maximum absolute atomic E-state index is 4.67. The first-order valence-corrected chi connectivity index (χ1v) is 8.80. The normalized spacial score (nSPS) is 11.7. The lowest BCUT2D eigenvalue weighted by molar-refractivity contribution is 0.538. The molecular weight excluding hydrogens is 318 g/mol. The Balaban J connectivity index is 1.93. The van der Waals surface area contributed by atoms with Gasteiger partial charge in [0.2, 0.25) is 0 Å². The quantitative estimate of drug-likeness (QED) is 0.667. The molecule has 6 heteroatoms. The molecule has 1 aromatic carbocycles. The van der Waals surface area contributed by atoms with Gasteiger partial charge < -0.3 is 4.57 Å². The minimum Gasteiger partial charge on any atom is -0.302 e. The third-order valence-electron chi connectivity index (χ3n) is 3.56. The highest BCUT2D eigenvalue weighted by Gasteiger charge is 2.19. The smallest absolute Gasteiger partial charge is 0.197 e. The first-order valence-electron chi connectivity index (χ1n) is 7.99. The van der Waals surface area contributed by atoms with Gasteiger partial charge in [0.25, 0.3) is 0 Å². The van der Waals surface area contributed by atoms with Gasteiger partial charge in [-0.3, -0.25) is 0 Å². The Hall–Kier alpha value is -2.21. The zero-order valence-corrected chi connectivity index (χ0v) is 15.2. The van der Waals surface area contributed by atoms with E-state index in [1.165, 1.54) is 11.8 Å². The van der Waals surface area contributed by atoms with Crippen LogP contribution in [0, 0.1) is 0 Å². The van der Waals surface area contributed by atoms with Gasteiger partial charge in [-0.2, -0.15) is 0 Å². The van der Waals surface area contributed by atoms with Crippen molar-refractivity contribution in [2.75, 3.05) is 0 Å². The molecule has 3 rings (SSSR count). The summed E-state index contributed by atoms with van der Waals surface area (Å²) in [6, 6.07) is 12.0. The first kappa shape index (κ1) is 16.6. The Bertz CT molecular complexity index is 821. The number of nitrogens with zero attached hydrogens (tertiary/aromatic N) is 5. The molecule has 5 nitrogen and oxygen atoms in total. The number of hydrogen-bond donors (Lipinski definition) is 0. The molecule has 0 saturated heterocycles. The summed E-state index contributed by atoms with van der Waals surface area (Å²) in [5.41, 5.74) is 0.987. The SMILES string of the molecule is CCn1c(Sc2ccnc(C(C)(C)C)n2)nnc1-c1ccccc1. The highest BCUT2D eigenvalue weighted by molar-refractivity contribution is 7.99. The van der Waals surface area contributed by atoms with E-state index in [1.54, 1.807) is 6.20 Å². The van der Waals surface area contributed by atoms with E-state index >= 15 is 0 Å². The lowest BCUT2D eigenvalue weighted by Crippen LogP contribution is -2.15. The molecule has 3 aromatic rings. The fraction of sp³-hybridized carbons (Fsp3) is 0.333. The standard InChI is InChI=1S/C18H21N5S/c1-5-23-15(13-9-7-6-8-10-13)21-22-17(23)24-14-11-12-19-16(20-14)18(2,3)4/h6-12H,5H2,1-4H3. The zero-order valence-electron chi connectivity index (χ0n) is 14.4. The van der Waals surface area contributed by atoms with Crippen LogP contribution in [0.2, 0.25) is 0 Å². The second-order valence-electron chi connectivity index (χ2n) is 6.49. The molecule has 0 spiro atoms. The first-order chi connectivity index (χ1) is 11.5. The van der Waals surface area contributed by atoms with Crippen LogP contribution in [-0.4, -0.2) is 24.7 Å². The minimum atomic E-state index is -0.0792. The van der Waals surface area contributed by atoms with Crippen molar-refractivity contribution in [2.24, 2.45) is 0 Å². The molecule has 0 saturated carbocycles. The molecule has 24 heavy (non-hydrogen) atoms. The number of rotatable bonds is 4. The monoisotopic (exact) mass is 339 g/mol. The fourth-order valence-electron chi connectivity index (χ4n) is 2.30. The van der Waals surface area contributed by atoms with E-state index in [0.717, 1.165) is 33.9 Å². The second kappa shape index (κ2) is 6.73. The van der Waals surface area contributed by atoms with Gasteiger partial charge >= 0.3 is 0 Å². The molecule has 0 atom stereocenters. The minimum absolute atomic E-state index is 0.0792. The topological polar surface area (TPSA) is 56.5 Å². The molecule has 2 heterocycles. The van der Waals surface area contributed by atoms with Crippen LogP contribution in [0.4, 0.5) is 0 Å². The molecule has 0 amide bonds. The number of hydrogen-bond acceptors (Lipinski definition) is 5. The van der Waals surface area contributed by atoms with Gasteiger partial charge in [0, 0.05) is 23.7 Å². The molecule has 0 aliphatic rings. The highest BCUT2D eigenvalue weighted by Crippen LogP contribution is 2.29. The van der Waals surface area contributed by atoms with Crippen LogP contribution in [0.25, 0.3) is 11.4 Å². The average molecular weight is 339 g/mol. The van der Waals surface area contributed by atoms with Crippen LogP contribution in [0.1, 0.15) is 33.5 Å². The van der Waals surface area contributed by atoms with Crippen molar-refractivity contribution in [1.29, 1.82) is 0 Å². The van der Waals surface area contributed by atoms with E-state index in [2.05, 4.69) is 52.4 Å². The van der Waals surface area contributed by atoms with Crippen LogP contribution < -0.4 is 0 Å². The summed E-state index contributed by atoms with van der Waals surface area (Å²) < 4.78 is 2.11. The Morgan fingerprint density at radius 1 is 1.04 bits per heavy atom. The number of aromatic nitrogens is 5. The van der Waals surface area contributed by atoms with Gasteiger partial charge in [-0.15, -0.1) is 10.2 Å². The molecule has 0 bridgehead atoms. The van der Waals surface area contributed by atoms with E-state index in [-0.39, 0.29) is 5.41 Å². The Kier molecular flexibility index (Phi) is 4.66. The molecule has 124 valence electrons. The van der Waals surface area contributed by atoms with Gasteiger partial charge in [0.15, 0.2) is 11.0 Å². The summed E-state index contributed by atoms with van der Waals surface area (Å²) in [6.45, 7) is 9.23. The predicted octanol–water partition coefficient (Wildman–Crippen LogP) is 4.20. The van der Waals surface area contributed by atoms with Crippen LogP contribution >= 0.6 is 11.8 Å². The second-order valence-corrected chi connectivity index (χ2v) is 7.47. The van der Waals surface area contributed by atoms with Gasteiger partial charge in [-0.1, -0.05) is 51.1 Å². The van der Waals surface area contributed by atoms with Crippen LogP contribution in [0.5, 0.6) is 0 Å². The zero-order chi connectivity index (χ0) is 17.2. The lowest BCUT2D eigenvalue weighted by Gasteiger charge is -2.16. The molecule has 0 N–H and O–H groups in total. The largest absolute Gasteiger partial charge is 0.302 e. The Morgan fingerprint density at radius 3 is 2.46 bits per heavy atom. The maximum atomic E-state index is 4.67. The van der Waals surface area contributed by atoms with Crippen molar-refractivity contribution in [3.05, 3.63) is 48.4 Å². The van der Waals surface area contributed by atoms with Gasteiger partial charge in [0.1, 0.15) is 10.9 Å². The van der Waals surface area contributed by atoms with Crippen molar-refractivity contribution in [2.45, 2.75) is 49.8 Å². The van der Waals surface area contributed by atoms with Crippen LogP contribution in [-0.2, 0) is 12.0 Å². The van der Waals surface area contributed by atoms with Crippen molar-refractivity contribution in [3.63, 3.8) is 0 Å². The van der Waals surface area contributed by atoms with Gasteiger partial charge in [-0.25, -0.2) is 9.97 Å². The van der Waals surface area contributed by atoms with Crippen LogP contribution in [0.15, 0.2) is 52.8 Å². The van der Waals surface area contributed by atoms with E-state index in [9.17, 15) is 0 Å².